The minimum atomic E-state index is -0.598. The molecule has 0 spiro atoms. The molecule has 0 fully saturated rings. The van der Waals surface area contributed by atoms with Crippen LogP contribution in [-0.2, 0) is 16.0 Å². The van der Waals surface area contributed by atoms with Crippen LogP contribution in [0.2, 0.25) is 0 Å². The molecule has 2 atom stereocenters. The Hall–Kier alpha value is -1.69. The minimum Gasteiger partial charge on any atom is -0.348 e. The predicted octanol–water partition coefficient (Wildman–Crippen LogP) is -0.381. The highest BCUT2D eigenvalue weighted by atomic mass is 16.2. The number of hydrogen-bond donors (Lipinski definition) is 3. The Morgan fingerprint density at radius 2 is 2.35 bits per heavy atom. The SMILES string of the molecule is CC(C)[C@H](N)C(=O)N[C@H](C=O)Cc1cnc[nH]1. The number of nitrogens with one attached hydrogen (secondary N) is 2. The van der Waals surface area contributed by atoms with Gasteiger partial charge < -0.3 is 20.8 Å². The largest absolute Gasteiger partial charge is 0.348 e. The van der Waals surface area contributed by atoms with Crippen LogP contribution in [0.5, 0.6) is 0 Å². The number of carbonyl (C=O) groups excluding carboxylic acids is 2. The maximum absolute atomic E-state index is 11.7. The number of nitrogens with two attached hydrogens (primary N) is 1. The zero-order chi connectivity index (χ0) is 12.8. The molecule has 0 bridgehead atoms. The van der Waals surface area contributed by atoms with Crippen LogP contribution in [-0.4, -0.2) is 34.2 Å². The van der Waals surface area contributed by atoms with Gasteiger partial charge >= 0.3 is 0 Å². The number of carbonyl (C=O) groups is 2. The lowest BCUT2D eigenvalue weighted by molar-refractivity contribution is -0.125. The number of amides is 1. The molecular formula is C11H18N4O2. The summed E-state index contributed by atoms with van der Waals surface area (Å²) in [6.07, 6.45) is 4.23. The van der Waals surface area contributed by atoms with E-state index in [1.807, 2.05) is 13.8 Å². The van der Waals surface area contributed by atoms with E-state index in [4.69, 9.17) is 5.73 Å². The van der Waals surface area contributed by atoms with Crippen LogP contribution in [0, 0.1) is 5.92 Å². The van der Waals surface area contributed by atoms with Crippen molar-refractivity contribution in [3.8, 4) is 0 Å². The molecule has 6 nitrogen and oxygen atoms in total. The van der Waals surface area contributed by atoms with Crippen LogP contribution in [0.25, 0.3) is 0 Å². The lowest BCUT2D eigenvalue weighted by Gasteiger charge is -2.18. The van der Waals surface area contributed by atoms with Gasteiger partial charge in [-0.2, -0.15) is 0 Å². The van der Waals surface area contributed by atoms with E-state index in [2.05, 4.69) is 15.3 Å². The number of aromatic amines is 1. The maximum Gasteiger partial charge on any atom is 0.237 e. The number of imidazole rings is 1. The van der Waals surface area contributed by atoms with Gasteiger partial charge in [0.15, 0.2) is 0 Å². The van der Waals surface area contributed by atoms with Crippen molar-refractivity contribution < 1.29 is 9.59 Å². The predicted molar refractivity (Wildman–Crippen MR) is 63.1 cm³/mol. The van der Waals surface area contributed by atoms with Gasteiger partial charge in [0, 0.05) is 18.3 Å². The Morgan fingerprint density at radius 3 is 2.82 bits per heavy atom. The first-order valence-corrected chi connectivity index (χ1v) is 5.53. The summed E-state index contributed by atoms with van der Waals surface area (Å²) in [5.74, 6) is -0.272. The first-order chi connectivity index (χ1) is 8.04. The van der Waals surface area contributed by atoms with Crippen molar-refractivity contribution in [1.29, 1.82) is 0 Å². The molecule has 0 aliphatic rings. The molecule has 0 saturated heterocycles. The standard InChI is InChI=1S/C11H18N4O2/c1-7(2)10(12)11(17)15-9(5-16)3-8-4-13-6-14-8/h4-7,9-10H,3,12H2,1-2H3,(H,13,14)(H,15,17)/t9-,10-/m0/s1. The molecule has 0 aliphatic heterocycles. The second-order valence-electron chi connectivity index (χ2n) is 4.30. The van der Waals surface area contributed by atoms with E-state index < -0.39 is 12.1 Å². The van der Waals surface area contributed by atoms with Crippen molar-refractivity contribution in [3.63, 3.8) is 0 Å². The highest BCUT2D eigenvalue weighted by Crippen LogP contribution is 2.00. The number of aromatic nitrogens is 2. The molecule has 94 valence electrons. The van der Waals surface area contributed by atoms with E-state index in [0.717, 1.165) is 5.69 Å². The fourth-order valence-electron chi connectivity index (χ4n) is 1.35. The summed E-state index contributed by atoms with van der Waals surface area (Å²) < 4.78 is 0. The average molecular weight is 238 g/mol. The third-order valence-electron chi connectivity index (χ3n) is 2.51. The number of nitrogens with zero attached hydrogens (tertiary/aromatic N) is 1. The molecule has 0 unspecified atom stereocenters. The Kier molecular flexibility index (Phi) is 4.84. The van der Waals surface area contributed by atoms with Crippen LogP contribution in [0.15, 0.2) is 12.5 Å². The van der Waals surface area contributed by atoms with Crippen molar-refractivity contribution in [2.75, 3.05) is 0 Å². The van der Waals surface area contributed by atoms with E-state index in [1.54, 1.807) is 6.20 Å². The van der Waals surface area contributed by atoms with Gasteiger partial charge in [0.2, 0.25) is 5.91 Å². The molecule has 4 N–H and O–H groups in total. The Labute approximate surface area is 100.0 Å². The summed E-state index contributed by atoms with van der Waals surface area (Å²) in [6, 6.07) is -1.17. The molecule has 1 amide bonds. The summed E-state index contributed by atoms with van der Waals surface area (Å²) >= 11 is 0. The molecule has 1 aromatic heterocycles. The van der Waals surface area contributed by atoms with Crippen LogP contribution >= 0.6 is 0 Å². The molecule has 0 aliphatic carbocycles. The maximum atomic E-state index is 11.7. The van der Waals surface area contributed by atoms with E-state index in [9.17, 15) is 9.59 Å². The first-order valence-electron chi connectivity index (χ1n) is 5.53. The summed E-state index contributed by atoms with van der Waals surface area (Å²) in [7, 11) is 0. The molecule has 0 aromatic carbocycles. The average Bonchev–Trinajstić information content (AvgIpc) is 2.79. The highest BCUT2D eigenvalue weighted by Gasteiger charge is 2.20. The van der Waals surface area contributed by atoms with Gasteiger partial charge in [-0.15, -0.1) is 0 Å². The van der Waals surface area contributed by atoms with Crippen molar-refractivity contribution in [3.05, 3.63) is 18.2 Å². The van der Waals surface area contributed by atoms with Gasteiger partial charge in [0.1, 0.15) is 6.29 Å². The van der Waals surface area contributed by atoms with Crippen LogP contribution in [0.4, 0.5) is 0 Å². The summed E-state index contributed by atoms with van der Waals surface area (Å²) in [5, 5.41) is 2.61. The molecule has 17 heavy (non-hydrogen) atoms. The van der Waals surface area contributed by atoms with Crippen LogP contribution in [0.1, 0.15) is 19.5 Å². The molecule has 6 heteroatoms. The van der Waals surface area contributed by atoms with E-state index in [1.165, 1.54) is 6.33 Å². The number of aldehydes is 1. The quantitative estimate of drug-likeness (QED) is 0.588. The topological polar surface area (TPSA) is 101 Å². The van der Waals surface area contributed by atoms with Gasteiger partial charge in [-0.1, -0.05) is 13.8 Å². The molecule has 1 heterocycles. The smallest absolute Gasteiger partial charge is 0.237 e. The summed E-state index contributed by atoms with van der Waals surface area (Å²) in [5.41, 5.74) is 6.48. The van der Waals surface area contributed by atoms with E-state index >= 15 is 0 Å². The fraction of sp³-hybridized carbons (Fsp3) is 0.545. The first kappa shape index (κ1) is 13.4. The monoisotopic (exact) mass is 238 g/mol. The third-order valence-corrected chi connectivity index (χ3v) is 2.51. The summed E-state index contributed by atoms with van der Waals surface area (Å²) in [6.45, 7) is 3.71. The van der Waals surface area contributed by atoms with Crippen LogP contribution in [0.3, 0.4) is 0 Å². The van der Waals surface area contributed by atoms with E-state index in [0.29, 0.717) is 12.7 Å². The Bertz CT molecular complexity index is 362. The number of hydrogen-bond acceptors (Lipinski definition) is 4. The minimum absolute atomic E-state index is 0.0365. The Morgan fingerprint density at radius 1 is 1.65 bits per heavy atom. The number of H-pyrrole nitrogens is 1. The van der Waals surface area contributed by atoms with Crippen molar-refractivity contribution in [1.82, 2.24) is 15.3 Å². The lowest BCUT2D eigenvalue weighted by atomic mass is 10.0. The Balaban J connectivity index is 2.52. The molecule has 1 rings (SSSR count). The third kappa shape index (κ3) is 3.99. The van der Waals surface area contributed by atoms with Crippen molar-refractivity contribution in [2.45, 2.75) is 32.4 Å². The number of rotatable bonds is 6. The van der Waals surface area contributed by atoms with Crippen molar-refractivity contribution in [2.24, 2.45) is 11.7 Å². The molecule has 0 saturated carbocycles. The fourth-order valence-corrected chi connectivity index (χ4v) is 1.35. The lowest BCUT2D eigenvalue weighted by Crippen LogP contribution is -2.49. The van der Waals surface area contributed by atoms with Crippen LogP contribution < -0.4 is 11.1 Å². The van der Waals surface area contributed by atoms with Gasteiger partial charge in [-0.3, -0.25) is 4.79 Å². The summed E-state index contributed by atoms with van der Waals surface area (Å²) in [4.78, 5) is 29.2. The van der Waals surface area contributed by atoms with Gasteiger partial charge in [0.05, 0.1) is 18.4 Å². The zero-order valence-corrected chi connectivity index (χ0v) is 10.0. The normalized spacial score (nSPS) is 14.4. The molecule has 0 radical (unpaired) electrons. The van der Waals surface area contributed by atoms with E-state index in [-0.39, 0.29) is 11.8 Å². The van der Waals surface area contributed by atoms with Gasteiger partial charge in [0.25, 0.3) is 0 Å². The molecular weight excluding hydrogens is 220 g/mol. The second kappa shape index (κ2) is 6.15. The van der Waals surface area contributed by atoms with Gasteiger partial charge in [-0.05, 0) is 5.92 Å². The second-order valence-corrected chi connectivity index (χ2v) is 4.30. The van der Waals surface area contributed by atoms with Gasteiger partial charge in [-0.25, -0.2) is 4.98 Å². The zero-order valence-electron chi connectivity index (χ0n) is 10.0. The highest BCUT2D eigenvalue weighted by molar-refractivity contribution is 5.84. The van der Waals surface area contributed by atoms with Crippen molar-refractivity contribution >= 4 is 12.2 Å². The molecule has 1 aromatic rings.